The molecule has 0 radical (unpaired) electrons. The Bertz CT molecular complexity index is 4650. The molecule has 1 aliphatic heterocycles. The molecule has 0 aliphatic carbocycles. The third kappa shape index (κ3) is 10.5. The Morgan fingerprint density at radius 3 is 1.56 bits per heavy atom. The number of anilines is 4. The van der Waals surface area contributed by atoms with E-state index in [-0.39, 0.29) is 27.1 Å². The molecule has 0 N–H and O–H groups in total. The minimum absolute atomic E-state index is 0.0159. The molecule has 0 atom stereocenters. The van der Waals surface area contributed by atoms with E-state index >= 15 is 0 Å². The molecule has 0 amide bonds. The van der Waals surface area contributed by atoms with Gasteiger partial charge in [-0.05, 0) is 175 Å². The first-order valence-electron chi connectivity index (χ1n) is 31.9. The van der Waals surface area contributed by atoms with Crippen LogP contribution in [0.4, 0.5) is 22.7 Å². The number of benzene rings is 9. The van der Waals surface area contributed by atoms with Crippen LogP contribution in [0.1, 0.15) is 148 Å². The maximum absolute atomic E-state index is 7.49. The van der Waals surface area contributed by atoms with Crippen LogP contribution in [0.2, 0.25) is 0 Å². The number of thiophene rings is 1. The van der Waals surface area contributed by atoms with Crippen molar-refractivity contribution in [3.05, 3.63) is 227 Å². The van der Waals surface area contributed by atoms with Crippen molar-refractivity contribution in [1.82, 2.24) is 9.55 Å². The van der Waals surface area contributed by atoms with Gasteiger partial charge in [-0.3, -0.25) is 4.57 Å². The molecule has 12 aromatic rings. The summed E-state index contributed by atoms with van der Waals surface area (Å²) in [4.78, 5) is 10.3. The third-order valence-electron chi connectivity index (χ3n) is 18.9. The fraction of sp³-hybridized carbons (Fsp3) is 0.289. The number of hydrogen-bond donors (Lipinski definition) is 0. The standard InChI is InChI=1S/C83H86N4OS/c1-50-51(2)73(53-30-34-56(35-31-53)79(4,5)6)77(74(52(50)3)54-32-36-57(37-33-54)80(7,8)9)86-49-85(67-27-20-21-28-68(67)86)59-44-55(75-65(82(13,14)15)25-23-26-66(75)83(16,17)18)45-61(47-59)88-60-38-39-64-70(48-60)87(72-46-58(42-43-84-72)81(10,11)12)69-41-40-63-62-24-19-22-29-71(62)89-78(63)76(64)69/h19-48H,49H2,1-18H3. The summed E-state index contributed by atoms with van der Waals surface area (Å²) in [5.74, 6) is 2.40. The van der Waals surface area contributed by atoms with Crippen LogP contribution in [0, 0.1) is 20.8 Å². The minimum Gasteiger partial charge on any atom is -0.457 e. The predicted molar refractivity (Wildman–Crippen MR) is 384 cm³/mol. The Kier molecular flexibility index (Phi) is 14.3. The van der Waals surface area contributed by atoms with E-state index in [1.54, 1.807) is 0 Å². The fourth-order valence-electron chi connectivity index (χ4n) is 13.8. The summed E-state index contributed by atoms with van der Waals surface area (Å²) in [5.41, 5.74) is 24.0. The fourth-order valence-corrected chi connectivity index (χ4v) is 15.0. The van der Waals surface area contributed by atoms with E-state index in [4.69, 9.17) is 9.72 Å². The Labute approximate surface area is 532 Å². The number of rotatable bonds is 8. The molecule has 0 saturated carbocycles. The van der Waals surface area contributed by atoms with Crippen LogP contribution in [-0.2, 0) is 27.1 Å². The number of ether oxygens (including phenoxy) is 1. The molecule has 3 aromatic heterocycles. The highest BCUT2D eigenvalue weighted by Gasteiger charge is 2.35. The SMILES string of the molecule is Cc1c(C)c(-c2ccc(C(C)(C)C)cc2)c(N2CN(c3cc(Oc4ccc5c6c7sc8ccccc8c7ccc6n(-c6cc(C(C)(C)C)ccn6)c5c4)cc(-c4c(C(C)(C)C)cccc4C(C)(C)C)c3)c3ccccc32)c(-c2ccc(C(C)(C)C)cc2)c1C. The largest absolute Gasteiger partial charge is 0.457 e. The van der Waals surface area contributed by atoms with Gasteiger partial charge in [0.1, 0.15) is 24.0 Å². The molecule has 0 saturated heterocycles. The van der Waals surface area contributed by atoms with Crippen LogP contribution >= 0.6 is 11.3 Å². The number of aromatic nitrogens is 2. The number of nitrogens with zero attached hydrogens (tertiary/aromatic N) is 4. The normalized spacial score (nSPS) is 13.4. The van der Waals surface area contributed by atoms with Crippen LogP contribution in [-0.4, -0.2) is 16.2 Å². The highest BCUT2D eigenvalue weighted by molar-refractivity contribution is 7.26. The molecule has 1 aliphatic rings. The van der Waals surface area contributed by atoms with Crippen molar-refractivity contribution in [2.75, 3.05) is 16.5 Å². The van der Waals surface area contributed by atoms with E-state index in [2.05, 4.69) is 315 Å². The van der Waals surface area contributed by atoms with Crippen LogP contribution in [0.15, 0.2) is 182 Å². The molecule has 9 aromatic carbocycles. The van der Waals surface area contributed by atoms with Crippen LogP contribution in [0.25, 0.3) is 81.2 Å². The first-order chi connectivity index (χ1) is 42.0. The summed E-state index contributed by atoms with van der Waals surface area (Å²) in [6.45, 7) is 42.2. The zero-order valence-corrected chi connectivity index (χ0v) is 56.4. The molecule has 6 heteroatoms. The quantitative estimate of drug-likeness (QED) is 0.152. The second kappa shape index (κ2) is 21.4. The van der Waals surface area contributed by atoms with Crippen molar-refractivity contribution in [3.8, 4) is 50.7 Å². The van der Waals surface area contributed by atoms with Crippen LogP contribution in [0.3, 0.4) is 0 Å². The first-order valence-corrected chi connectivity index (χ1v) is 32.7. The van der Waals surface area contributed by atoms with Gasteiger partial charge in [-0.25, -0.2) is 4.98 Å². The second-order valence-corrected chi connectivity index (χ2v) is 31.3. The van der Waals surface area contributed by atoms with Gasteiger partial charge < -0.3 is 14.5 Å². The maximum Gasteiger partial charge on any atom is 0.137 e. The Balaban J connectivity index is 1.03. The molecule has 450 valence electrons. The van der Waals surface area contributed by atoms with Crippen LogP contribution in [0.5, 0.6) is 11.5 Å². The van der Waals surface area contributed by atoms with Gasteiger partial charge in [-0.1, -0.05) is 207 Å². The van der Waals surface area contributed by atoms with Gasteiger partial charge in [-0.15, -0.1) is 11.3 Å². The highest BCUT2D eigenvalue weighted by atomic mass is 32.1. The zero-order chi connectivity index (χ0) is 63.0. The summed E-state index contributed by atoms with van der Waals surface area (Å²) >= 11 is 1.87. The van der Waals surface area contributed by atoms with E-state index in [0.29, 0.717) is 6.67 Å². The predicted octanol–water partition coefficient (Wildman–Crippen LogP) is 24.0. The van der Waals surface area contributed by atoms with Crippen molar-refractivity contribution >= 4 is 76.1 Å². The molecule has 0 bridgehead atoms. The van der Waals surface area contributed by atoms with Gasteiger partial charge in [0.05, 0.1) is 28.1 Å². The minimum atomic E-state index is -0.161. The van der Waals surface area contributed by atoms with Crippen molar-refractivity contribution in [1.29, 1.82) is 0 Å². The van der Waals surface area contributed by atoms with Gasteiger partial charge in [0.15, 0.2) is 0 Å². The van der Waals surface area contributed by atoms with Gasteiger partial charge in [0.25, 0.3) is 0 Å². The third-order valence-corrected chi connectivity index (χ3v) is 20.1. The lowest BCUT2D eigenvalue weighted by Crippen LogP contribution is -2.25. The zero-order valence-electron chi connectivity index (χ0n) is 55.6. The average molecular weight is 1190 g/mol. The number of hydrogen-bond acceptors (Lipinski definition) is 5. The molecule has 0 fully saturated rings. The molecule has 4 heterocycles. The molecule has 0 spiro atoms. The van der Waals surface area contributed by atoms with E-state index in [1.165, 1.54) is 109 Å². The molecule has 5 nitrogen and oxygen atoms in total. The first kappa shape index (κ1) is 59.5. The lowest BCUT2D eigenvalue weighted by atomic mass is 9.74. The molecule has 0 unspecified atom stereocenters. The summed E-state index contributed by atoms with van der Waals surface area (Å²) in [6, 6.07) is 66.3. The Hall–Kier alpha value is -8.45. The average Bonchev–Trinajstić information content (AvgIpc) is 1.63. The van der Waals surface area contributed by atoms with Gasteiger partial charge in [0.2, 0.25) is 0 Å². The lowest BCUT2D eigenvalue weighted by Gasteiger charge is -2.32. The molecule has 89 heavy (non-hydrogen) atoms. The molecular weight excluding hydrogens is 1100 g/mol. The smallest absolute Gasteiger partial charge is 0.137 e. The lowest BCUT2D eigenvalue weighted by molar-refractivity contribution is 0.483. The van der Waals surface area contributed by atoms with Gasteiger partial charge in [-0.2, -0.15) is 0 Å². The summed E-state index contributed by atoms with van der Waals surface area (Å²) in [5, 5.41) is 4.96. The van der Waals surface area contributed by atoms with Gasteiger partial charge in [0, 0.05) is 66.1 Å². The summed E-state index contributed by atoms with van der Waals surface area (Å²) < 4.78 is 12.4. The Morgan fingerprint density at radius 2 is 0.978 bits per heavy atom. The van der Waals surface area contributed by atoms with Crippen molar-refractivity contribution in [2.24, 2.45) is 0 Å². The second-order valence-electron chi connectivity index (χ2n) is 30.3. The van der Waals surface area contributed by atoms with Crippen LogP contribution < -0.4 is 14.5 Å². The van der Waals surface area contributed by atoms with E-state index in [0.717, 1.165) is 51.0 Å². The Morgan fingerprint density at radius 1 is 0.416 bits per heavy atom. The maximum atomic E-state index is 7.49. The summed E-state index contributed by atoms with van der Waals surface area (Å²) in [6.07, 6.45) is 1.97. The topological polar surface area (TPSA) is 33.5 Å². The summed E-state index contributed by atoms with van der Waals surface area (Å²) in [7, 11) is 0. The van der Waals surface area contributed by atoms with Crippen molar-refractivity contribution in [2.45, 2.75) is 152 Å². The monoisotopic (exact) mass is 1190 g/mol. The van der Waals surface area contributed by atoms with Gasteiger partial charge >= 0.3 is 0 Å². The van der Waals surface area contributed by atoms with E-state index in [9.17, 15) is 0 Å². The van der Waals surface area contributed by atoms with Crippen molar-refractivity contribution < 1.29 is 4.74 Å². The number of para-hydroxylation sites is 2. The molecular formula is C83H86N4OS. The number of pyridine rings is 1. The number of fused-ring (bicyclic) bond motifs is 8. The van der Waals surface area contributed by atoms with E-state index < -0.39 is 0 Å². The highest BCUT2D eigenvalue weighted by Crippen LogP contribution is 2.55. The molecule has 13 rings (SSSR count). The van der Waals surface area contributed by atoms with E-state index in [1.807, 2.05) is 17.5 Å². The van der Waals surface area contributed by atoms with Crippen molar-refractivity contribution in [3.63, 3.8) is 0 Å².